The molecule has 0 radical (unpaired) electrons. The number of nitrogens with zero attached hydrogens (tertiary/aromatic N) is 1. The zero-order chi connectivity index (χ0) is 25.4. The molecule has 1 atom stereocenters. The van der Waals surface area contributed by atoms with Crippen LogP contribution >= 0.6 is 0 Å². The van der Waals surface area contributed by atoms with Crippen molar-refractivity contribution in [3.05, 3.63) is 106 Å². The van der Waals surface area contributed by atoms with E-state index in [9.17, 15) is 9.59 Å². The van der Waals surface area contributed by atoms with Crippen LogP contribution in [0, 0.1) is 26.7 Å². The van der Waals surface area contributed by atoms with Gasteiger partial charge in [0, 0.05) is 19.5 Å². The molecule has 0 heterocycles. The predicted octanol–water partition coefficient (Wildman–Crippen LogP) is 5.57. The van der Waals surface area contributed by atoms with Crippen molar-refractivity contribution in [2.75, 3.05) is 6.54 Å². The van der Waals surface area contributed by atoms with Gasteiger partial charge >= 0.3 is 0 Å². The van der Waals surface area contributed by atoms with Gasteiger partial charge in [-0.05, 0) is 54.5 Å². The Morgan fingerprint density at radius 3 is 2.17 bits per heavy atom. The molecule has 0 aromatic heterocycles. The van der Waals surface area contributed by atoms with Crippen molar-refractivity contribution in [3.8, 4) is 0 Å². The summed E-state index contributed by atoms with van der Waals surface area (Å²) in [7, 11) is 0. The first-order valence-corrected chi connectivity index (χ1v) is 12.5. The lowest BCUT2D eigenvalue weighted by Gasteiger charge is -2.32. The fourth-order valence-electron chi connectivity index (χ4n) is 4.17. The molecule has 184 valence electrons. The van der Waals surface area contributed by atoms with Crippen LogP contribution < -0.4 is 5.32 Å². The number of benzene rings is 3. The molecular weight excluding hydrogens is 432 g/mol. The largest absolute Gasteiger partial charge is 0.354 e. The molecule has 0 aliphatic carbocycles. The van der Waals surface area contributed by atoms with E-state index in [2.05, 4.69) is 51.2 Å². The molecule has 4 nitrogen and oxygen atoms in total. The number of amides is 2. The first kappa shape index (κ1) is 26.2. The topological polar surface area (TPSA) is 49.4 Å². The Kier molecular flexibility index (Phi) is 9.25. The minimum Gasteiger partial charge on any atom is -0.354 e. The molecule has 3 aromatic carbocycles. The second kappa shape index (κ2) is 12.3. The Balaban J connectivity index is 1.96. The van der Waals surface area contributed by atoms with Crippen LogP contribution in [-0.2, 0) is 29.0 Å². The molecule has 0 unspecified atom stereocenters. The molecule has 1 N–H and O–H groups in total. The smallest absolute Gasteiger partial charge is 0.243 e. The van der Waals surface area contributed by atoms with Crippen molar-refractivity contribution in [3.63, 3.8) is 0 Å². The summed E-state index contributed by atoms with van der Waals surface area (Å²) >= 11 is 0. The molecule has 0 fully saturated rings. The Labute approximate surface area is 210 Å². The number of carbonyl (C=O) groups excluding carboxylic acids is 2. The Morgan fingerprint density at radius 2 is 1.51 bits per heavy atom. The minimum absolute atomic E-state index is 0.0459. The maximum absolute atomic E-state index is 13.8. The number of hydrogen-bond donors (Lipinski definition) is 1. The van der Waals surface area contributed by atoms with Gasteiger partial charge in [0.2, 0.25) is 11.8 Å². The molecule has 3 rings (SSSR count). The molecule has 0 saturated heterocycles. The van der Waals surface area contributed by atoms with Crippen molar-refractivity contribution >= 4 is 11.8 Å². The monoisotopic (exact) mass is 470 g/mol. The highest BCUT2D eigenvalue weighted by molar-refractivity contribution is 5.88. The van der Waals surface area contributed by atoms with E-state index in [0.29, 0.717) is 25.4 Å². The highest BCUT2D eigenvalue weighted by atomic mass is 16.2. The van der Waals surface area contributed by atoms with Gasteiger partial charge < -0.3 is 10.2 Å². The fourth-order valence-corrected chi connectivity index (χ4v) is 4.17. The zero-order valence-electron chi connectivity index (χ0n) is 21.7. The molecule has 0 aliphatic heterocycles. The highest BCUT2D eigenvalue weighted by Gasteiger charge is 2.30. The van der Waals surface area contributed by atoms with Crippen molar-refractivity contribution < 1.29 is 9.59 Å². The van der Waals surface area contributed by atoms with Crippen LogP contribution in [0.5, 0.6) is 0 Å². The van der Waals surface area contributed by atoms with Crippen LogP contribution in [0.2, 0.25) is 0 Å². The lowest BCUT2D eigenvalue weighted by Crippen LogP contribution is -2.51. The second-order valence-corrected chi connectivity index (χ2v) is 9.95. The van der Waals surface area contributed by atoms with Crippen molar-refractivity contribution in [1.82, 2.24) is 10.2 Å². The van der Waals surface area contributed by atoms with E-state index in [-0.39, 0.29) is 18.2 Å². The average molecular weight is 471 g/mol. The standard InChI is InChI=1S/C31H38N2O2/c1-22(2)20-32-31(35)29(18-26-11-7-6-8-12-26)33(21-28-13-9-10-23(3)16-28)30(34)19-27-15-14-24(4)25(5)17-27/h6-17,22,29H,18-21H2,1-5H3,(H,32,35)/t29-/m1/s1. The van der Waals surface area contributed by atoms with Crippen molar-refractivity contribution in [2.45, 2.75) is 60.0 Å². The quantitative estimate of drug-likeness (QED) is 0.421. The number of aryl methyl sites for hydroxylation is 3. The summed E-state index contributed by atoms with van der Waals surface area (Å²) in [6.07, 6.45) is 0.727. The van der Waals surface area contributed by atoms with Gasteiger partial charge in [-0.2, -0.15) is 0 Å². The number of hydrogen-bond acceptors (Lipinski definition) is 2. The summed E-state index contributed by atoms with van der Waals surface area (Å²) in [5.74, 6) is 0.173. The van der Waals surface area contributed by atoms with Crippen LogP contribution in [-0.4, -0.2) is 29.3 Å². The Hall–Kier alpha value is -3.40. The third-order valence-corrected chi connectivity index (χ3v) is 6.32. The summed E-state index contributed by atoms with van der Waals surface area (Å²) in [6, 6.07) is 23.6. The van der Waals surface area contributed by atoms with E-state index in [4.69, 9.17) is 0 Å². The van der Waals surface area contributed by atoms with E-state index in [1.54, 1.807) is 4.90 Å². The lowest BCUT2D eigenvalue weighted by molar-refractivity contribution is -0.140. The molecule has 4 heteroatoms. The van der Waals surface area contributed by atoms with E-state index in [1.807, 2.05) is 61.5 Å². The van der Waals surface area contributed by atoms with Crippen LogP contribution in [0.25, 0.3) is 0 Å². The van der Waals surface area contributed by atoms with Gasteiger partial charge in [-0.1, -0.05) is 92.2 Å². The summed E-state index contributed by atoms with van der Waals surface area (Å²) in [6.45, 7) is 11.3. The molecule has 3 aromatic rings. The lowest BCUT2D eigenvalue weighted by atomic mass is 10.00. The predicted molar refractivity (Wildman–Crippen MR) is 143 cm³/mol. The van der Waals surface area contributed by atoms with Crippen molar-refractivity contribution in [2.24, 2.45) is 5.92 Å². The maximum Gasteiger partial charge on any atom is 0.243 e. The first-order valence-electron chi connectivity index (χ1n) is 12.5. The van der Waals surface area contributed by atoms with Gasteiger partial charge in [0.25, 0.3) is 0 Å². The highest BCUT2D eigenvalue weighted by Crippen LogP contribution is 2.18. The molecule has 0 spiro atoms. The molecule has 0 bridgehead atoms. The van der Waals surface area contributed by atoms with Gasteiger partial charge in [0.1, 0.15) is 6.04 Å². The van der Waals surface area contributed by atoms with Gasteiger partial charge in [0.05, 0.1) is 6.42 Å². The molecule has 0 aliphatic rings. The number of carbonyl (C=O) groups is 2. The van der Waals surface area contributed by atoms with Crippen LogP contribution in [0.1, 0.15) is 47.2 Å². The zero-order valence-corrected chi connectivity index (χ0v) is 21.7. The van der Waals surface area contributed by atoms with Gasteiger partial charge in [0.15, 0.2) is 0 Å². The average Bonchev–Trinajstić information content (AvgIpc) is 2.82. The minimum atomic E-state index is -0.601. The van der Waals surface area contributed by atoms with E-state index >= 15 is 0 Å². The van der Waals surface area contributed by atoms with Gasteiger partial charge in [-0.15, -0.1) is 0 Å². The van der Waals surface area contributed by atoms with Gasteiger partial charge in [-0.25, -0.2) is 0 Å². The van der Waals surface area contributed by atoms with E-state index in [1.165, 1.54) is 5.56 Å². The number of nitrogens with one attached hydrogen (secondary N) is 1. The summed E-state index contributed by atoms with van der Waals surface area (Å²) in [4.78, 5) is 29.1. The first-order chi connectivity index (χ1) is 16.7. The Bertz CT molecular complexity index is 1140. The third-order valence-electron chi connectivity index (χ3n) is 6.32. The summed E-state index contributed by atoms with van der Waals surface area (Å²) in [5, 5.41) is 3.08. The SMILES string of the molecule is Cc1cccc(CN(C(=O)Cc2ccc(C)c(C)c2)[C@H](Cc2ccccc2)C(=O)NCC(C)C)c1. The number of rotatable bonds is 10. The van der Waals surface area contributed by atoms with Crippen LogP contribution in [0.15, 0.2) is 72.8 Å². The summed E-state index contributed by atoms with van der Waals surface area (Å²) in [5.41, 5.74) is 6.52. The second-order valence-electron chi connectivity index (χ2n) is 9.95. The van der Waals surface area contributed by atoms with Crippen LogP contribution in [0.4, 0.5) is 0 Å². The van der Waals surface area contributed by atoms with Crippen molar-refractivity contribution in [1.29, 1.82) is 0 Å². The van der Waals surface area contributed by atoms with E-state index < -0.39 is 6.04 Å². The normalized spacial score (nSPS) is 11.8. The molecule has 0 saturated carbocycles. The molecule has 35 heavy (non-hydrogen) atoms. The summed E-state index contributed by atoms with van der Waals surface area (Å²) < 4.78 is 0. The maximum atomic E-state index is 13.8. The van der Waals surface area contributed by atoms with Gasteiger partial charge in [-0.3, -0.25) is 9.59 Å². The third kappa shape index (κ3) is 7.81. The molecular formula is C31H38N2O2. The fraction of sp³-hybridized carbons (Fsp3) is 0.355. The van der Waals surface area contributed by atoms with Crippen LogP contribution in [0.3, 0.4) is 0 Å². The molecule has 2 amide bonds. The Morgan fingerprint density at radius 1 is 0.800 bits per heavy atom. The van der Waals surface area contributed by atoms with E-state index in [0.717, 1.165) is 27.8 Å².